The van der Waals surface area contributed by atoms with Gasteiger partial charge < -0.3 is 10.2 Å². The Balaban J connectivity index is 3.26. The van der Waals surface area contributed by atoms with Gasteiger partial charge in [0.2, 0.25) is 0 Å². The fraction of sp³-hybridized carbons (Fsp3) is 1.00. The van der Waals surface area contributed by atoms with Gasteiger partial charge in [-0.15, -0.1) is 0 Å². The van der Waals surface area contributed by atoms with Gasteiger partial charge in [-0.1, -0.05) is 27.7 Å². The second-order valence-electron chi connectivity index (χ2n) is 7.08. The van der Waals surface area contributed by atoms with E-state index in [-0.39, 0.29) is 24.0 Å². The van der Waals surface area contributed by atoms with Gasteiger partial charge >= 0.3 is 0 Å². The van der Waals surface area contributed by atoms with Crippen LogP contribution >= 0.6 is 23.5 Å². The SMILES string of the molecule is CC(C)(CO)CCCSCCSCCCC(C)(C)CO. The molecule has 0 aromatic carbocycles. The van der Waals surface area contributed by atoms with E-state index in [9.17, 15) is 0 Å². The van der Waals surface area contributed by atoms with Crippen molar-refractivity contribution in [3.05, 3.63) is 0 Å². The van der Waals surface area contributed by atoms with E-state index in [4.69, 9.17) is 10.2 Å². The highest BCUT2D eigenvalue weighted by molar-refractivity contribution is 8.02. The van der Waals surface area contributed by atoms with Gasteiger partial charge in [0.1, 0.15) is 0 Å². The first-order valence-corrected chi connectivity index (χ1v) is 10.0. The molecule has 2 N–H and O–H groups in total. The van der Waals surface area contributed by atoms with Crippen LogP contribution in [0.25, 0.3) is 0 Å². The summed E-state index contributed by atoms with van der Waals surface area (Å²) < 4.78 is 0. The van der Waals surface area contributed by atoms with Crippen LogP contribution in [0.1, 0.15) is 53.4 Å². The van der Waals surface area contributed by atoms with Crippen molar-refractivity contribution in [2.45, 2.75) is 53.4 Å². The highest BCUT2D eigenvalue weighted by Crippen LogP contribution is 2.24. The van der Waals surface area contributed by atoms with Crippen LogP contribution in [0.15, 0.2) is 0 Å². The van der Waals surface area contributed by atoms with E-state index in [2.05, 4.69) is 27.7 Å². The molecule has 4 heteroatoms. The fourth-order valence-electron chi connectivity index (χ4n) is 1.79. The van der Waals surface area contributed by atoms with Crippen molar-refractivity contribution in [1.82, 2.24) is 0 Å². The van der Waals surface area contributed by atoms with E-state index in [1.165, 1.54) is 35.9 Å². The van der Waals surface area contributed by atoms with Gasteiger partial charge in [0.05, 0.1) is 0 Å². The van der Waals surface area contributed by atoms with Crippen molar-refractivity contribution < 1.29 is 10.2 Å². The molecule has 0 aromatic rings. The average Bonchev–Trinajstić information content (AvgIpc) is 2.41. The van der Waals surface area contributed by atoms with Crippen LogP contribution in [0.5, 0.6) is 0 Å². The number of hydrogen-bond donors (Lipinski definition) is 2. The van der Waals surface area contributed by atoms with Crippen molar-refractivity contribution in [2.24, 2.45) is 10.8 Å². The molecule has 122 valence electrons. The Kier molecular flexibility index (Phi) is 11.6. The van der Waals surface area contributed by atoms with Crippen LogP contribution in [0.3, 0.4) is 0 Å². The first kappa shape index (κ1) is 20.6. The molecule has 2 nitrogen and oxygen atoms in total. The lowest BCUT2D eigenvalue weighted by molar-refractivity contribution is 0.150. The van der Waals surface area contributed by atoms with Gasteiger partial charge in [0.15, 0.2) is 0 Å². The van der Waals surface area contributed by atoms with Crippen molar-refractivity contribution in [2.75, 3.05) is 36.2 Å². The summed E-state index contributed by atoms with van der Waals surface area (Å²) in [5.41, 5.74) is 0.184. The number of rotatable bonds is 13. The van der Waals surface area contributed by atoms with Crippen molar-refractivity contribution in [3.63, 3.8) is 0 Å². The number of hydrogen-bond acceptors (Lipinski definition) is 4. The molecule has 0 aliphatic rings. The van der Waals surface area contributed by atoms with Crippen molar-refractivity contribution >= 4 is 23.5 Å². The monoisotopic (exact) mass is 322 g/mol. The lowest BCUT2D eigenvalue weighted by atomic mass is 9.89. The Bertz CT molecular complexity index is 207. The van der Waals surface area contributed by atoms with Crippen LogP contribution in [0, 0.1) is 10.8 Å². The maximum Gasteiger partial charge on any atom is 0.0482 e. The lowest BCUT2D eigenvalue weighted by Gasteiger charge is -2.21. The largest absolute Gasteiger partial charge is 0.396 e. The Hall–Kier alpha value is 0.620. The van der Waals surface area contributed by atoms with Crippen LogP contribution in [0.2, 0.25) is 0 Å². The first-order valence-electron chi connectivity index (χ1n) is 7.70. The third-order valence-corrected chi connectivity index (χ3v) is 5.91. The van der Waals surface area contributed by atoms with E-state index >= 15 is 0 Å². The molecule has 0 rings (SSSR count). The molecule has 0 spiro atoms. The Labute approximate surface area is 134 Å². The predicted octanol–water partition coefficient (Wildman–Crippen LogP) is 4.05. The van der Waals surface area contributed by atoms with E-state index in [0.717, 1.165) is 12.8 Å². The van der Waals surface area contributed by atoms with Crippen LogP contribution in [0.4, 0.5) is 0 Å². The molecule has 0 atom stereocenters. The Morgan fingerprint density at radius 3 is 1.30 bits per heavy atom. The molecule has 0 saturated heterocycles. The van der Waals surface area contributed by atoms with E-state index in [1.807, 2.05) is 23.5 Å². The van der Waals surface area contributed by atoms with Crippen molar-refractivity contribution in [1.29, 1.82) is 0 Å². The summed E-state index contributed by atoms with van der Waals surface area (Å²) in [4.78, 5) is 0. The molecule has 0 aliphatic heterocycles. The molecule has 0 amide bonds. The average molecular weight is 323 g/mol. The van der Waals surface area contributed by atoms with Gasteiger partial charge in [-0.25, -0.2) is 0 Å². The van der Waals surface area contributed by atoms with E-state index < -0.39 is 0 Å². The molecular weight excluding hydrogens is 288 g/mol. The number of thioether (sulfide) groups is 2. The summed E-state index contributed by atoms with van der Waals surface area (Å²) in [7, 11) is 0. The Morgan fingerprint density at radius 2 is 1.00 bits per heavy atom. The topological polar surface area (TPSA) is 40.5 Å². The summed E-state index contributed by atoms with van der Waals surface area (Å²) in [6.45, 7) is 9.08. The lowest BCUT2D eigenvalue weighted by Crippen LogP contribution is -2.16. The molecule has 0 radical (unpaired) electrons. The zero-order valence-electron chi connectivity index (χ0n) is 13.8. The minimum Gasteiger partial charge on any atom is -0.396 e. The minimum absolute atomic E-state index is 0.0921. The molecule has 0 aliphatic carbocycles. The van der Waals surface area contributed by atoms with Crippen LogP contribution in [-0.4, -0.2) is 46.4 Å². The van der Waals surface area contributed by atoms with Crippen LogP contribution < -0.4 is 0 Å². The maximum atomic E-state index is 9.17. The van der Waals surface area contributed by atoms with Crippen molar-refractivity contribution in [3.8, 4) is 0 Å². The molecule has 0 aromatic heterocycles. The molecule has 0 fully saturated rings. The molecule has 20 heavy (non-hydrogen) atoms. The minimum atomic E-state index is 0.0921. The van der Waals surface area contributed by atoms with Gasteiger partial charge in [0.25, 0.3) is 0 Å². The molecule has 0 unspecified atom stereocenters. The zero-order valence-corrected chi connectivity index (χ0v) is 15.4. The summed E-state index contributed by atoms with van der Waals surface area (Å²) in [5.74, 6) is 4.88. The second kappa shape index (κ2) is 11.2. The fourth-order valence-corrected chi connectivity index (χ4v) is 3.83. The molecule has 0 bridgehead atoms. The van der Waals surface area contributed by atoms with Gasteiger partial charge in [-0.2, -0.15) is 23.5 Å². The summed E-state index contributed by atoms with van der Waals surface area (Å²) in [6.07, 6.45) is 4.63. The zero-order chi connectivity index (χ0) is 15.5. The third kappa shape index (κ3) is 12.4. The van der Waals surface area contributed by atoms with E-state index in [1.54, 1.807) is 0 Å². The second-order valence-corrected chi connectivity index (χ2v) is 9.53. The number of aliphatic hydroxyl groups is 2. The Morgan fingerprint density at radius 1 is 0.650 bits per heavy atom. The summed E-state index contributed by atoms with van der Waals surface area (Å²) in [6, 6.07) is 0. The summed E-state index contributed by atoms with van der Waals surface area (Å²) >= 11 is 4.06. The van der Waals surface area contributed by atoms with Gasteiger partial charge in [-0.3, -0.25) is 0 Å². The standard InChI is InChI=1S/C16H34O2S2/c1-15(2,13-17)7-5-9-19-11-12-20-10-6-8-16(3,4)14-18/h17-18H,5-14H2,1-4H3. The predicted molar refractivity (Wildman–Crippen MR) is 94.9 cm³/mol. The number of aliphatic hydroxyl groups excluding tert-OH is 2. The molecular formula is C16H34O2S2. The van der Waals surface area contributed by atoms with Crippen LogP contribution in [-0.2, 0) is 0 Å². The third-order valence-electron chi connectivity index (χ3n) is 3.51. The smallest absolute Gasteiger partial charge is 0.0482 e. The highest BCUT2D eigenvalue weighted by Gasteiger charge is 2.16. The molecule has 0 heterocycles. The van der Waals surface area contributed by atoms with E-state index in [0.29, 0.717) is 0 Å². The maximum absolute atomic E-state index is 9.17. The van der Waals surface area contributed by atoms with Gasteiger partial charge in [0, 0.05) is 24.7 Å². The normalized spacial score (nSPS) is 12.9. The van der Waals surface area contributed by atoms with Gasteiger partial charge in [-0.05, 0) is 48.0 Å². The highest BCUT2D eigenvalue weighted by atomic mass is 32.2. The summed E-state index contributed by atoms with van der Waals surface area (Å²) in [5, 5.41) is 18.3. The molecule has 0 saturated carbocycles. The first-order chi connectivity index (χ1) is 9.33. The quantitative estimate of drug-likeness (QED) is 0.502.